The maximum Gasteiger partial charge on any atom is 0.269 e. The summed E-state index contributed by atoms with van der Waals surface area (Å²) in [6, 6.07) is 14.3. The normalized spacial score (nSPS) is 18.8. The molecule has 0 spiro atoms. The first-order valence-electron chi connectivity index (χ1n) is 15.1. The Bertz CT molecular complexity index is 1880. The van der Waals surface area contributed by atoms with Crippen LogP contribution in [-0.2, 0) is 14.8 Å². The van der Waals surface area contributed by atoms with Crippen LogP contribution in [0.25, 0.3) is 11.0 Å². The molecule has 4 N–H and O–H groups in total. The van der Waals surface area contributed by atoms with Crippen molar-refractivity contribution >= 4 is 61.9 Å². The number of aromatic nitrogens is 3. The van der Waals surface area contributed by atoms with Crippen LogP contribution in [0.2, 0.25) is 0 Å². The molecule has 2 aromatic carbocycles. The molecule has 1 fully saturated rings. The zero-order chi connectivity index (χ0) is 32.6. The van der Waals surface area contributed by atoms with Crippen LogP contribution in [-0.4, -0.2) is 83.8 Å². The van der Waals surface area contributed by atoms with E-state index in [1.54, 1.807) is 37.4 Å². The maximum absolute atomic E-state index is 13.8. The molecule has 14 heteroatoms. The standard InChI is InChI=1S/C32H38N8O4S2/c1-20(2)38-14-16-39(17-15-38)22-7-10-25(27(19-22)44-4)35-32-36-30(34-26-12-18-45-28(26)29(33)41)24-11-13-40(31(24)37-32)46(42,43)23-8-5-21(3)6-9-23/h5-13,18-20,26,28H,14-17H2,1-4H3,(H2,33,41)(H2,34,35,36,37). The fourth-order valence-electron chi connectivity index (χ4n) is 5.70. The number of ether oxygens (including phenoxy) is 1. The molecule has 0 radical (unpaired) electrons. The first-order valence-corrected chi connectivity index (χ1v) is 17.5. The SMILES string of the molecule is COc1cc(N2CCN(C(C)C)CC2)ccc1Nc1nc(NC2C=CSC2C(N)=O)c2ccn(S(=O)(=O)c3ccc(C)cc3)c2n1. The van der Waals surface area contributed by atoms with E-state index in [-0.39, 0.29) is 16.5 Å². The van der Waals surface area contributed by atoms with Crippen molar-refractivity contribution in [2.45, 2.75) is 43.0 Å². The number of fused-ring (bicyclic) bond motifs is 1. The van der Waals surface area contributed by atoms with Crippen LogP contribution in [0.1, 0.15) is 19.4 Å². The number of aryl methyl sites for hydroxylation is 1. The third-order valence-electron chi connectivity index (χ3n) is 8.35. The Morgan fingerprint density at radius 3 is 2.48 bits per heavy atom. The number of hydrogen-bond donors (Lipinski definition) is 3. The first kappa shape index (κ1) is 31.7. The van der Waals surface area contributed by atoms with Crippen LogP contribution in [0.3, 0.4) is 0 Å². The van der Waals surface area contributed by atoms with Gasteiger partial charge in [-0.2, -0.15) is 9.97 Å². The second kappa shape index (κ2) is 12.9. The van der Waals surface area contributed by atoms with Gasteiger partial charge >= 0.3 is 0 Å². The third kappa shape index (κ3) is 6.24. The number of benzene rings is 2. The minimum absolute atomic E-state index is 0.133. The number of piperazine rings is 1. The number of carbonyl (C=O) groups excluding carboxylic acids is 1. The molecule has 4 heterocycles. The van der Waals surface area contributed by atoms with E-state index in [0.29, 0.717) is 28.7 Å². The van der Waals surface area contributed by atoms with E-state index in [9.17, 15) is 13.2 Å². The molecule has 4 aromatic rings. The summed E-state index contributed by atoms with van der Waals surface area (Å²) in [5.41, 5.74) is 8.43. The Labute approximate surface area is 273 Å². The lowest BCUT2D eigenvalue weighted by Crippen LogP contribution is -2.48. The fraction of sp³-hybridized carbons (Fsp3) is 0.344. The quantitative estimate of drug-likeness (QED) is 0.225. The summed E-state index contributed by atoms with van der Waals surface area (Å²) >= 11 is 1.32. The summed E-state index contributed by atoms with van der Waals surface area (Å²) in [6.07, 6.45) is 3.30. The highest BCUT2D eigenvalue weighted by Crippen LogP contribution is 2.35. The van der Waals surface area contributed by atoms with Gasteiger partial charge in [-0.25, -0.2) is 12.4 Å². The Morgan fingerprint density at radius 1 is 1.07 bits per heavy atom. The minimum Gasteiger partial charge on any atom is -0.494 e. The lowest BCUT2D eigenvalue weighted by molar-refractivity contribution is -0.117. The van der Waals surface area contributed by atoms with Crippen LogP contribution in [0.5, 0.6) is 5.75 Å². The summed E-state index contributed by atoms with van der Waals surface area (Å²) in [7, 11) is -2.39. The second-order valence-electron chi connectivity index (χ2n) is 11.6. The molecule has 0 bridgehead atoms. The Hall–Kier alpha value is -4.27. The van der Waals surface area contributed by atoms with Gasteiger partial charge in [0.2, 0.25) is 11.9 Å². The topological polar surface area (TPSA) is 148 Å². The highest BCUT2D eigenvalue weighted by Gasteiger charge is 2.30. The van der Waals surface area contributed by atoms with Crippen LogP contribution >= 0.6 is 11.8 Å². The van der Waals surface area contributed by atoms with Crippen molar-refractivity contribution in [3.63, 3.8) is 0 Å². The molecule has 46 heavy (non-hydrogen) atoms. The molecule has 0 saturated carbocycles. The summed E-state index contributed by atoms with van der Waals surface area (Å²) < 4.78 is 34.5. The van der Waals surface area contributed by atoms with Gasteiger partial charge in [0.05, 0.1) is 29.1 Å². The van der Waals surface area contributed by atoms with Gasteiger partial charge in [-0.3, -0.25) is 9.69 Å². The number of nitrogens with one attached hydrogen (secondary N) is 2. The van der Waals surface area contributed by atoms with Gasteiger partial charge in [0.15, 0.2) is 5.65 Å². The number of methoxy groups -OCH3 is 1. The number of primary amides is 1. The van der Waals surface area contributed by atoms with Gasteiger partial charge in [0.1, 0.15) is 16.8 Å². The van der Waals surface area contributed by atoms with Crippen molar-refractivity contribution in [1.82, 2.24) is 18.8 Å². The molecule has 2 aliphatic rings. The maximum atomic E-state index is 13.8. The smallest absolute Gasteiger partial charge is 0.269 e. The third-order valence-corrected chi connectivity index (χ3v) is 11.2. The number of nitrogens with zero attached hydrogens (tertiary/aromatic N) is 5. The molecule has 2 aliphatic heterocycles. The number of thioether (sulfide) groups is 1. The van der Waals surface area contributed by atoms with Crippen LogP contribution < -0.4 is 26.0 Å². The minimum atomic E-state index is -3.99. The predicted molar refractivity (Wildman–Crippen MR) is 184 cm³/mol. The lowest BCUT2D eigenvalue weighted by atomic mass is 10.2. The van der Waals surface area contributed by atoms with Crippen LogP contribution in [0.4, 0.5) is 23.1 Å². The van der Waals surface area contributed by atoms with Gasteiger partial charge in [-0.05, 0) is 56.5 Å². The number of rotatable bonds is 10. The highest BCUT2D eigenvalue weighted by molar-refractivity contribution is 8.03. The predicted octanol–water partition coefficient (Wildman–Crippen LogP) is 4.15. The van der Waals surface area contributed by atoms with Crippen molar-refractivity contribution in [3.8, 4) is 5.75 Å². The Morgan fingerprint density at radius 2 is 1.80 bits per heavy atom. The molecule has 1 amide bonds. The molecule has 2 aromatic heterocycles. The number of nitrogens with two attached hydrogens (primary N) is 1. The van der Waals surface area contributed by atoms with Crippen molar-refractivity contribution in [3.05, 3.63) is 71.8 Å². The largest absolute Gasteiger partial charge is 0.494 e. The van der Waals surface area contributed by atoms with E-state index in [1.807, 2.05) is 36.6 Å². The molecule has 6 rings (SSSR count). The molecular weight excluding hydrogens is 625 g/mol. The lowest BCUT2D eigenvalue weighted by Gasteiger charge is -2.38. The second-order valence-corrected chi connectivity index (χ2v) is 14.5. The fourth-order valence-corrected chi connectivity index (χ4v) is 7.88. The summed E-state index contributed by atoms with van der Waals surface area (Å²) in [5.74, 6) is 0.628. The highest BCUT2D eigenvalue weighted by atomic mass is 32.2. The van der Waals surface area contributed by atoms with Gasteiger partial charge in [-0.15, -0.1) is 11.8 Å². The van der Waals surface area contributed by atoms with Crippen LogP contribution in [0, 0.1) is 6.92 Å². The van der Waals surface area contributed by atoms with E-state index in [4.69, 9.17) is 15.5 Å². The molecule has 2 unspecified atom stereocenters. The van der Waals surface area contributed by atoms with E-state index >= 15 is 0 Å². The van der Waals surface area contributed by atoms with Gasteiger partial charge in [0.25, 0.3) is 10.0 Å². The molecule has 0 aliphatic carbocycles. The Kier molecular flexibility index (Phi) is 8.86. The van der Waals surface area contributed by atoms with Crippen molar-refractivity contribution in [2.24, 2.45) is 5.73 Å². The molecule has 12 nitrogen and oxygen atoms in total. The molecule has 2 atom stereocenters. The monoisotopic (exact) mass is 662 g/mol. The molecular formula is C32H38N8O4S2. The van der Waals surface area contributed by atoms with E-state index in [2.05, 4.69) is 39.3 Å². The van der Waals surface area contributed by atoms with Crippen molar-refractivity contribution in [2.75, 3.05) is 48.8 Å². The van der Waals surface area contributed by atoms with Gasteiger partial charge < -0.3 is 26.0 Å². The van der Waals surface area contributed by atoms with Crippen molar-refractivity contribution in [1.29, 1.82) is 0 Å². The van der Waals surface area contributed by atoms with Crippen molar-refractivity contribution < 1.29 is 17.9 Å². The number of hydrogen-bond acceptors (Lipinski definition) is 11. The average Bonchev–Trinajstić information content (AvgIpc) is 3.69. The first-order chi connectivity index (χ1) is 22.0. The van der Waals surface area contributed by atoms with Crippen LogP contribution in [0.15, 0.2) is 71.1 Å². The van der Waals surface area contributed by atoms with Gasteiger partial charge in [0, 0.05) is 50.2 Å². The Balaban J connectivity index is 1.37. The summed E-state index contributed by atoms with van der Waals surface area (Å²) in [6.45, 7) is 10.1. The average molecular weight is 663 g/mol. The van der Waals surface area contributed by atoms with Gasteiger partial charge in [-0.1, -0.05) is 23.8 Å². The van der Waals surface area contributed by atoms with E-state index in [1.165, 1.54) is 18.0 Å². The number of amides is 1. The number of carbonyl (C=O) groups is 1. The van der Waals surface area contributed by atoms with E-state index in [0.717, 1.165) is 41.4 Å². The zero-order valence-corrected chi connectivity index (χ0v) is 27.8. The summed E-state index contributed by atoms with van der Waals surface area (Å²) in [5, 5.41) is 8.28. The molecule has 1 saturated heterocycles. The zero-order valence-electron chi connectivity index (χ0n) is 26.2. The summed E-state index contributed by atoms with van der Waals surface area (Å²) in [4.78, 5) is 26.5. The number of anilines is 4. The molecule has 242 valence electrons. The van der Waals surface area contributed by atoms with E-state index < -0.39 is 27.2 Å².